The molecule has 0 radical (unpaired) electrons. The molecule has 0 aromatic heterocycles. The first-order chi connectivity index (χ1) is 7.15. The van der Waals surface area contributed by atoms with Crippen LogP contribution in [0.4, 0.5) is 4.79 Å². The zero-order valence-corrected chi connectivity index (χ0v) is 10.2. The molecular weight excluding hydrogens is 236 g/mol. The van der Waals surface area contributed by atoms with Crippen LogP contribution in [-0.4, -0.2) is 46.8 Å². The first-order valence-electron chi connectivity index (χ1n) is 4.89. The molecule has 0 saturated carbocycles. The average molecular weight is 251 g/mol. The molecule has 0 aliphatic carbocycles. The number of amides is 3. The Morgan fingerprint density at radius 1 is 1.60 bits per heavy atom. The van der Waals surface area contributed by atoms with E-state index in [2.05, 4.69) is 5.32 Å². The largest absolute Gasteiger partial charge is 0.324 e. The molecule has 1 aliphatic rings. The molecule has 4 nitrogen and oxygen atoms in total. The number of hydrogen-bond acceptors (Lipinski definition) is 3. The van der Waals surface area contributed by atoms with Gasteiger partial charge in [0.05, 0.1) is 0 Å². The monoisotopic (exact) mass is 250 g/mol. The van der Waals surface area contributed by atoms with Gasteiger partial charge in [-0.3, -0.25) is 10.1 Å². The lowest BCUT2D eigenvalue weighted by atomic mass is 10.3. The minimum Gasteiger partial charge on any atom is -0.320 e. The van der Waals surface area contributed by atoms with E-state index in [0.717, 1.165) is 11.5 Å². The highest BCUT2D eigenvalue weighted by Crippen LogP contribution is 2.15. The Morgan fingerprint density at radius 3 is 2.93 bits per heavy atom. The fourth-order valence-corrected chi connectivity index (χ4v) is 2.55. The van der Waals surface area contributed by atoms with E-state index >= 15 is 0 Å². The Bertz CT molecular complexity index is 250. The second kappa shape index (κ2) is 6.23. The molecule has 0 aromatic rings. The zero-order valence-electron chi connectivity index (χ0n) is 8.66. The van der Waals surface area contributed by atoms with Crippen LogP contribution >= 0.6 is 23.4 Å². The van der Waals surface area contributed by atoms with Crippen LogP contribution in [0.5, 0.6) is 0 Å². The lowest BCUT2D eigenvalue weighted by Crippen LogP contribution is -2.50. The number of alkyl halides is 1. The number of nitrogens with one attached hydrogen (secondary N) is 1. The van der Waals surface area contributed by atoms with Gasteiger partial charge in [-0.25, -0.2) is 4.79 Å². The van der Waals surface area contributed by atoms with Gasteiger partial charge < -0.3 is 4.90 Å². The summed E-state index contributed by atoms with van der Waals surface area (Å²) in [6.07, 6.45) is 0.185. The number of hydrogen-bond donors (Lipinski definition) is 1. The summed E-state index contributed by atoms with van der Waals surface area (Å²) in [6, 6.07) is -0.106. The van der Waals surface area contributed by atoms with Crippen molar-refractivity contribution in [2.45, 2.75) is 19.4 Å². The van der Waals surface area contributed by atoms with Crippen molar-refractivity contribution in [1.29, 1.82) is 0 Å². The van der Waals surface area contributed by atoms with Crippen molar-refractivity contribution in [2.24, 2.45) is 0 Å². The third-order valence-corrected chi connectivity index (χ3v) is 3.57. The Balaban J connectivity index is 2.41. The lowest BCUT2D eigenvalue weighted by molar-refractivity contribution is -0.119. The second-order valence-corrected chi connectivity index (χ2v) is 4.94. The summed E-state index contributed by atoms with van der Waals surface area (Å²) in [5, 5.41) is 2.34. The summed E-state index contributed by atoms with van der Waals surface area (Å²) >= 11 is 7.23. The predicted molar refractivity (Wildman–Crippen MR) is 62.4 cm³/mol. The maximum Gasteiger partial charge on any atom is 0.324 e. The number of nitrogens with zero attached hydrogens (tertiary/aromatic N) is 1. The second-order valence-electron chi connectivity index (χ2n) is 3.41. The molecule has 3 amide bonds. The summed E-state index contributed by atoms with van der Waals surface area (Å²) in [5.74, 6) is 1.80. The first kappa shape index (κ1) is 12.6. The fourth-order valence-electron chi connectivity index (χ4n) is 1.37. The lowest BCUT2D eigenvalue weighted by Gasteiger charge is -2.32. The maximum absolute atomic E-state index is 11.6. The molecule has 15 heavy (non-hydrogen) atoms. The fraction of sp³-hybridized carbons (Fsp3) is 0.778. The SMILES string of the molecule is CC1CSCCN1C(=O)NC(=O)CCCl. The number of carbonyl (C=O) groups is 2. The Kier molecular flexibility index (Phi) is 5.25. The van der Waals surface area contributed by atoms with Crippen molar-refractivity contribution in [1.82, 2.24) is 10.2 Å². The highest BCUT2D eigenvalue weighted by Gasteiger charge is 2.24. The standard InChI is InChI=1S/C9H15ClN2O2S/c1-7-6-15-5-4-12(7)9(14)11-8(13)2-3-10/h7H,2-6H2,1H3,(H,11,13,14). The molecule has 1 N–H and O–H groups in total. The minimum atomic E-state index is -0.305. The van der Waals surface area contributed by atoms with Gasteiger partial charge in [-0.1, -0.05) is 0 Å². The highest BCUT2D eigenvalue weighted by atomic mass is 35.5. The van der Waals surface area contributed by atoms with E-state index in [4.69, 9.17) is 11.6 Å². The molecule has 1 saturated heterocycles. The number of carbonyl (C=O) groups excluding carboxylic acids is 2. The van der Waals surface area contributed by atoms with E-state index in [-0.39, 0.29) is 30.3 Å². The predicted octanol–water partition coefficient (Wildman–Crippen LogP) is 1.29. The van der Waals surface area contributed by atoms with E-state index in [1.165, 1.54) is 0 Å². The molecule has 1 aliphatic heterocycles. The summed E-state index contributed by atoms with van der Waals surface area (Å²) in [5.41, 5.74) is 0. The molecular formula is C9H15ClN2O2S. The van der Waals surface area contributed by atoms with E-state index in [1.54, 1.807) is 4.90 Å². The summed E-state index contributed by atoms with van der Waals surface area (Å²) in [7, 11) is 0. The van der Waals surface area contributed by atoms with Gasteiger partial charge in [0, 0.05) is 36.4 Å². The number of thioether (sulfide) groups is 1. The van der Waals surface area contributed by atoms with Gasteiger partial charge in [-0.2, -0.15) is 11.8 Å². The number of imide groups is 1. The normalized spacial score (nSPS) is 21.2. The number of halogens is 1. The molecule has 86 valence electrons. The first-order valence-corrected chi connectivity index (χ1v) is 6.58. The third-order valence-electron chi connectivity index (χ3n) is 2.20. The molecule has 0 aromatic carbocycles. The van der Waals surface area contributed by atoms with E-state index in [9.17, 15) is 9.59 Å². The topological polar surface area (TPSA) is 49.4 Å². The van der Waals surface area contributed by atoms with Gasteiger partial charge in [0.1, 0.15) is 0 Å². The summed E-state index contributed by atoms with van der Waals surface area (Å²) in [4.78, 5) is 24.5. The maximum atomic E-state index is 11.6. The molecule has 1 fully saturated rings. The van der Waals surface area contributed by atoms with Crippen molar-refractivity contribution in [2.75, 3.05) is 23.9 Å². The van der Waals surface area contributed by atoms with Gasteiger partial charge in [0.25, 0.3) is 0 Å². The van der Waals surface area contributed by atoms with Crippen LogP contribution in [0.3, 0.4) is 0 Å². The van der Waals surface area contributed by atoms with Crippen molar-refractivity contribution < 1.29 is 9.59 Å². The Hall–Kier alpha value is -0.420. The van der Waals surface area contributed by atoms with Gasteiger partial charge in [0.15, 0.2) is 0 Å². The Morgan fingerprint density at radius 2 is 2.33 bits per heavy atom. The molecule has 0 bridgehead atoms. The summed E-state index contributed by atoms with van der Waals surface area (Å²) < 4.78 is 0. The quantitative estimate of drug-likeness (QED) is 0.752. The van der Waals surface area contributed by atoms with Gasteiger partial charge >= 0.3 is 6.03 Å². The molecule has 6 heteroatoms. The number of urea groups is 1. The molecule has 0 spiro atoms. The molecule has 1 rings (SSSR count). The zero-order chi connectivity index (χ0) is 11.3. The van der Waals surface area contributed by atoms with Crippen LogP contribution in [0.25, 0.3) is 0 Å². The van der Waals surface area contributed by atoms with Crippen LogP contribution in [0, 0.1) is 0 Å². The smallest absolute Gasteiger partial charge is 0.320 e. The van der Waals surface area contributed by atoms with Crippen LogP contribution in [-0.2, 0) is 4.79 Å². The summed E-state index contributed by atoms with van der Waals surface area (Å²) in [6.45, 7) is 2.68. The molecule has 1 atom stereocenters. The van der Waals surface area contributed by atoms with E-state index in [0.29, 0.717) is 6.54 Å². The van der Waals surface area contributed by atoms with Crippen molar-refractivity contribution in [3.05, 3.63) is 0 Å². The highest BCUT2D eigenvalue weighted by molar-refractivity contribution is 7.99. The number of rotatable bonds is 2. The van der Waals surface area contributed by atoms with E-state index < -0.39 is 0 Å². The van der Waals surface area contributed by atoms with Gasteiger partial charge in [-0.15, -0.1) is 11.6 Å². The molecule has 1 heterocycles. The van der Waals surface area contributed by atoms with Crippen molar-refractivity contribution in [3.8, 4) is 0 Å². The van der Waals surface area contributed by atoms with Crippen LogP contribution in [0.1, 0.15) is 13.3 Å². The Labute approximate surface area is 98.7 Å². The van der Waals surface area contributed by atoms with Gasteiger partial charge in [0.2, 0.25) is 5.91 Å². The van der Waals surface area contributed by atoms with Crippen LogP contribution in [0.15, 0.2) is 0 Å². The van der Waals surface area contributed by atoms with E-state index in [1.807, 2.05) is 18.7 Å². The van der Waals surface area contributed by atoms with Crippen molar-refractivity contribution in [3.63, 3.8) is 0 Å². The van der Waals surface area contributed by atoms with Crippen LogP contribution < -0.4 is 5.32 Å². The van der Waals surface area contributed by atoms with Gasteiger partial charge in [-0.05, 0) is 6.92 Å². The third kappa shape index (κ3) is 3.91. The molecule has 1 unspecified atom stereocenters. The van der Waals surface area contributed by atoms with Crippen molar-refractivity contribution >= 4 is 35.3 Å². The minimum absolute atomic E-state index is 0.185. The van der Waals surface area contributed by atoms with Crippen LogP contribution in [0.2, 0.25) is 0 Å². The average Bonchev–Trinajstić information content (AvgIpc) is 2.18.